The maximum Gasteiger partial charge on any atom is 0.263 e. The third-order valence-electron chi connectivity index (χ3n) is 4.19. The van der Waals surface area contributed by atoms with Crippen LogP contribution in [0.5, 0.6) is 5.75 Å². The SMILES string of the molecule is CCOc1c(Cl)cccc1NC(=O)Cn1cnc2scc(-c3cccs3)c2c1=O. The fourth-order valence-corrected chi connectivity index (χ4v) is 4.89. The lowest BCUT2D eigenvalue weighted by molar-refractivity contribution is -0.116. The first-order valence-electron chi connectivity index (χ1n) is 8.80. The molecule has 0 fully saturated rings. The predicted octanol–water partition coefficient (Wildman–Crippen LogP) is 4.88. The van der Waals surface area contributed by atoms with Crippen molar-refractivity contribution in [3.05, 3.63) is 62.8 Å². The number of nitrogens with zero attached hydrogens (tertiary/aromatic N) is 2. The summed E-state index contributed by atoms with van der Waals surface area (Å²) in [6.45, 7) is 2.08. The van der Waals surface area contributed by atoms with Gasteiger partial charge < -0.3 is 10.1 Å². The first-order chi connectivity index (χ1) is 14.1. The second-order valence-corrected chi connectivity index (χ2v) is 8.30. The average Bonchev–Trinajstić information content (AvgIpc) is 3.36. The summed E-state index contributed by atoms with van der Waals surface area (Å²) in [5, 5.41) is 7.59. The fraction of sp³-hybridized carbons (Fsp3) is 0.150. The zero-order valence-corrected chi connectivity index (χ0v) is 17.7. The summed E-state index contributed by atoms with van der Waals surface area (Å²) in [6, 6.07) is 9.01. The van der Waals surface area contributed by atoms with Crippen LogP contribution >= 0.6 is 34.3 Å². The number of rotatable bonds is 6. The molecule has 3 aromatic heterocycles. The maximum atomic E-state index is 13.0. The van der Waals surface area contributed by atoms with Crippen molar-refractivity contribution in [2.75, 3.05) is 11.9 Å². The number of carbonyl (C=O) groups excluding carboxylic acids is 1. The molecule has 9 heteroatoms. The van der Waals surface area contributed by atoms with Gasteiger partial charge in [-0.3, -0.25) is 14.2 Å². The molecule has 0 spiro atoms. The number of carbonyl (C=O) groups is 1. The summed E-state index contributed by atoms with van der Waals surface area (Å²) in [5.41, 5.74) is 1.06. The van der Waals surface area contributed by atoms with Gasteiger partial charge in [-0.05, 0) is 30.5 Å². The van der Waals surface area contributed by atoms with E-state index in [1.807, 2.05) is 29.8 Å². The van der Waals surface area contributed by atoms with Crippen molar-refractivity contribution in [1.82, 2.24) is 9.55 Å². The second-order valence-electron chi connectivity index (χ2n) is 6.08. The molecule has 1 N–H and O–H groups in total. The number of benzene rings is 1. The molecule has 0 bridgehead atoms. The minimum atomic E-state index is -0.371. The number of anilines is 1. The van der Waals surface area contributed by atoms with E-state index in [0.29, 0.717) is 33.3 Å². The topological polar surface area (TPSA) is 73.2 Å². The molecule has 0 saturated carbocycles. The molecule has 0 radical (unpaired) electrons. The number of aromatic nitrogens is 2. The van der Waals surface area contributed by atoms with Crippen molar-refractivity contribution in [3.8, 4) is 16.2 Å². The molecule has 4 aromatic rings. The monoisotopic (exact) mass is 445 g/mol. The first-order valence-corrected chi connectivity index (χ1v) is 10.9. The number of ether oxygens (including phenoxy) is 1. The largest absolute Gasteiger partial charge is 0.490 e. The van der Waals surface area contributed by atoms with Gasteiger partial charge in [-0.25, -0.2) is 4.98 Å². The molecule has 29 heavy (non-hydrogen) atoms. The highest BCUT2D eigenvalue weighted by molar-refractivity contribution is 7.18. The maximum absolute atomic E-state index is 13.0. The van der Waals surface area contributed by atoms with E-state index in [9.17, 15) is 9.59 Å². The van der Waals surface area contributed by atoms with Crippen LogP contribution in [0.15, 0.2) is 52.2 Å². The lowest BCUT2D eigenvalue weighted by Gasteiger charge is -2.13. The number of para-hydroxylation sites is 1. The number of thiophene rings is 2. The summed E-state index contributed by atoms with van der Waals surface area (Å²) in [7, 11) is 0. The molecule has 148 valence electrons. The van der Waals surface area contributed by atoms with E-state index < -0.39 is 0 Å². The number of amides is 1. The molecule has 1 amide bonds. The smallest absolute Gasteiger partial charge is 0.263 e. The summed E-state index contributed by atoms with van der Waals surface area (Å²) < 4.78 is 6.83. The number of halogens is 1. The van der Waals surface area contributed by atoms with Crippen LogP contribution < -0.4 is 15.6 Å². The Kier molecular flexibility index (Phi) is 5.66. The van der Waals surface area contributed by atoms with Gasteiger partial charge in [-0.15, -0.1) is 22.7 Å². The third kappa shape index (κ3) is 3.91. The zero-order valence-electron chi connectivity index (χ0n) is 15.3. The van der Waals surface area contributed by atoms with E-state index in [4.69, 9.17) is 16.3 Å². The van der Waals surface area contributed by atoms with Gasteiger partial charge in [0.2, 0.25) is 5.91 Å². The van der Waals surface area contributed by atoms with Gasteiger partial charge in [0.05, 0.1) is 29.0 Å². The van der Waals surface area contributed by atoms with E-state index in [1.54, 1.807) is 29.5 Å². The normalized spacial score (nSPS) is 11.0. The molecular weight excluding hydrogens is 430 g/mol. The van der Waals surface area contributed by atoms with Gasteiger partial charge in [0, 0.05) is 15.8 Å². The quantitative estimate of drug-likeness (QED) is 0.459. The molecule has 1 aromatic carbocycles. The predicted molar refractivity (Wildman–Crippen MR) is 118 cm³/mol. The van der Waals surface area contributed by atoms with Crippen LogP contribution in [-0.4, -0.2) is 22.1 Å². The Balaban J connectivity index is 1.63. The molecule has 0 aliphatic carbocycles. The number of hydrogen-bond donors (Lipinski definition) is 1. The second kappa shape index (κ2) is 8.36. The summed E-state index contributed by atoms with van der Waals surface area (Å²) in [4.78, 5) is 31.6. The van der Waals surface area contributed by atoms with Crippen LogP contribution in [-0.2, 0) is 11.3 Å². The molecule has 0 unspecified atom stereocenters. The minimum absolute atomic E-state index is 0.167. The minimum Gasteiger partial charge on any atom is -0.490 e. The van der Waals surface area contributed by atoms with Crippen molar-refractivity contribution in [1.29, 1.82) is 0 Å². The lowest BCUT2D eigenvalue weighted by Crippen LogP contribution is -2.28. The van der Waals surface area contributed by atoms with Crippen molar-refractivity contribution < 1.29 is 9.53 Å². The number of hydrogen-bond acceptors (Lipinski definition) is 6. The third-order valence-corrected chi connectivity index (χ3v) is 6.28. The van der Waals surface area contributed by atoms with Crippen molar-refractivity contribution in [2.45, 2.75) is 13.5 Å². The fourth-order valence-electron chi connectivity index (χ4n) is 2.94. The highest BCUT2D eigenvalue weighted by Crippen LogP contribution is 2.34. The van der Waals surface area contributed by atoms with E-state index in [-0.39, 0.29) is 18.0 Å². The molecule has 4 rings (SSSR count). The van der Waals surface area contributed by atoms with Gasteiger partial charge >= 0.3 is 0 Å². The molecular formula is C20H16ClN3O3S2. The van der Waals surface area contributed by atoms with Gasteiger partial charge in [0.25, 0.3) is 5.56 Å². The lowest BCUT2D eigenvalue weighted by atomic mass is 10.2. The van der Waals surface area contributed by atoms with Crippen LogP contribution in [0.25, 0.3) is 20.7 Å². The molecule has 6 nitrogen and oxygen atoms in total. The van der Waals surface area contributed by atoms with Crippen molar-refractivity contribution >= 4 is 56.1 Å². The Morgan fingerprint density at radius 3 is 2.90 bits per heavy atom. The van der Waals surface area contributed by atoms with E-state index in [0.717, 1.165) is 10.4 Å². The highest BCUT2D eigenvalue weighted by Gasteiger charge is 2.16. The highest BCUT2D eigenvalue weighted by atomic mass is 35.5. The molecule has 0 atom stereocenters. The zero-order chi connectivity index (χ0) is 20.4. The van der Waals surface area contributed by atoms with E-state index in [1.165, 1.54) is 22.2 Å². The Labute approximate surface area is 179 Å². The van der Waals surface area contributed by atoms with Gasteiger partial charge in [0.15, 0.2) is 5.75 Å². The average molecular weight is 446 g/mol. The summed E-state index contributed by atoms with van der Waals surface area (Å²) in [5.74, 6) is 0.0353. The summed E-state index contributed by atoms with van der Waals surface area (Å²) >= 11 is 9.13. The standard InChI is InChI=1S/C20H16ClN3O3S2/c1-2-27-18-13(21)5-3-6-14(18)23-16(25)9-24-11-22-19-17(20(24)26)12(10-29-19)15-7-4-8-28-15/h3-8,10-11H,2,9H2,1H3,(H,23,25). The van der Waals surface area contributed by atoms with Crippen LogP contribution in [0.2, 0.25) is 5.02 Å². The Morgan fingerprint density at radius 2 is 2.14 bits per heavy atom. The Bertz CT molecular complexity index is 1230. The van der Waals surface area contributed by atoms with Crippen molar-refractivity contribution in [3.63, 3.8) is 0 Å². The van der Waals surface area contributed by atoms with Gasteiger partial charge in [-0.1, -0.05) is 23.7 Å². The molecule has 0 aliphatic heterocycles. The van der Waals surface area contributed by atoms with Gasteiger partial charge in [0.1, 0.15) is 11.4 Å². The first kappa shape index (κ1) is 19.6. The number of fused-ring (bicyclic) bond motifs is 1. The van der Waals surface area contributed by atoms with Gasteiger partial charge in [-0.2, -0.15) is 0 Å². The molecule has 3 heterocycles. The van der Waals surface area contributed by atoms with Crippen LogP contribution in [0, 0.1) is 0 Å². The Morgan fingerprint density at radius 1 is 1.28 bits per heavy atom. The Hall–Kier alpha value is -2.68. The van der Waals surface area contributed by atoms with E-state index >= 15 is 0 Å². The van der Waals surface area contributed by atoms with Crippen LogP contribution in [0.1, 0.15) is 6.92 Å². The van der Waals surface area contributed by atoms with Crippen LogP contribution in [0.3, 0.4) is 0 Å². The molecule has 0 aliphatic rings. The van der Waals surface area contributed by atoms with E-state index in [2.05, 4.69) is 10.3 Å². The van der Waals surface area contributed by atoms with Crippen molar-refractivity contribution in [2.24, 2.45) is 0 Å². The summed E-state index contributed by atoms with van der Waals surface area (Å²) in [6.07, 6.45) is 1.40. The molecule has 0 saturated heterocycles. The number of nitrogens with one attached hydrogen (secondary N) is 1. The van der Waals surface area contributed by atoms with Crippen LogP contribution in [0.4, 0.5) is 5.69 Å².